The third-order valence-electron chi connectivity index (χ3n) is 4.15. The quantitative estimate of drug-likeness (QED) is 0.553. The Morgan fingerprint density at radius 1 is 1.10 bits per heavy atom. The molecule has 1 aromatic heterocycles. The number of carbonyl (C=O) groups is 1. The molecule has 0 aliphatic carbocycles. The van der Waals surface area contributed by atoms with E-state index in [0.29, 0.717) is 22.6 Å². The van der Waals surface area contributed by atoms with E-state index in [1.807, 2.05) is 6.26 Å². The fourth-order valence-corrected chi connectivity index (χ4v) is 3.50. The van der Waals surface area contributed by atoms with Crippen LogP contribution < -0.4 is 19.5 Å². The lowest BCUT2D eigenvalue weighted by Crippen LogP contribution is -2.15. The van der Waals surface area contributed by atoms with Crippen LogP contribution in [0.15, 0.2) is 47.5 Å². The molecule has 0 fully saturated rings. The largest absolute Gasteiger partial charge is 0.496 e. The molecule has 9 heteroatoms. The number of thioether (sulfide) groups is 1. The summed E-state index contributed by atoms with van der Waals surface area (Å²) in [4.78, 5) is 18.0. The summed E-state index contributed by atoms with van der Waals surface area (Å²) >= 11 is 1.43. The third kappa shape index (κ3) is 4.19. The summed E-state index contributed by atoms with van der Waals surface area (Å²) in [6.45, 7) is -2.98. The molecule has 0 unspecified atom stereocenters. The van der Waals surface area contributed by atoms with Crippen molar-refractivity contribution in [2.75, 3.05) is 25.8 Å². The lowest BCUT2D eigenvalue weighted by Gasteiger charge is -2.17. The number of methoxy groups -OCH3 is 2. The van der Waals surface area contributed by atoms with Crippen molar-refractivity contribution in [3.63, 3.8) is 0 Å². The number of rotatable bonds is 7. The van der Waals surface area contributed by atoms with E-state index in [1.165, 1.54) is 44.3 Å². The second kappa shape index (κ2) is 8.95. The van der Waals surface area contributed by atoms with Crippen molar-refractivity contribution in [2.24, 2.45) is 0 Å². The first-order valence-corrected chi connectivity index (χ1v) is 9.65. The molecule has 3 rings (SSSR count). The number of aromatic nitrogens is 1. The predicted molar refractivity (Wildman–Crippen MR) is 108 cm³/mol. The molecule has 1 N–H and O–H groups in total. The normalized spacial score (nSPS) is 10.8. The Labute approximate surface area is 170 Å². The predicted octanol–water partition coefficient (Wildman–Crippen LogP) is 4.83. The zero-order chi connectivity index (χ0) is 21.0. The zero-order valence-electron chi connectivity index (χ0n) is 15.9. The monoisotopic (exact) mass is 420 g/mol. The molecule has 152 valence electrons. The van der Waals surface area contributed by atoms with Crippen molar-refractivity contribution < 1.29 is 27.8 Å². The highest BCUT2D eigenvalue weighted by Gasteiger charge is 2.23. The van der Waals surface area contributed by atoms with Gasteiger partial charge in [-0.2, -0.15) is 8.78 Å². The summed E-state index contributed by atoms with van der Waals surface area (Å²) in [7, 11) is 2.93. The van der Waals surface area contributed by atoms with Crippen LogP contribution >= 0.6 is 11.8 Å². The van der Waals surface area contributed by atoms with Gasteiger partial charge in [-0.25, -0.2) is 0 Å². The van der Waals surface area contributed by atoms with Crippen LogP contribution in [0.2, 0.25) is 0 Å². The second-order valence-corrected chi connectivity index (χ2v) is 6.57. The molecule has 0 saturated heterocycles. The second-order valence-electron chi connectivity index (χ2n) is 5.72. The SMILES string of the molecule is COc1ccc(SC)c(OC)c1C(=O)Nc1ccc(OC(F)F)c2ncccc12. The van der Waals surface area contributed by atoms with Crippen LogP contribution in [-0.4, -0.2) is 38.0 Å². The minimum Gasteiger partial charge on any atom is -0.496 e. The Morgan fingerprint density at radius 3 is 2.52 bits per heavy atom. The van der Waals surface area contributed by atoms with Crippen molar-refractivity contribution in [1.82, 2.24) is 4.98 Å². The van der Waals surface area contributed by atoms with Crippen molar-refractivity contribution in [1.29, 1.82) is 0 Å². The summed E-state index contributed by atoms with van der Waals surface area (Å²) in [5.41, 5.74) is 0.826. The minimum atomic E-state index is -2.98. The number of hydrogen-bond acceptors (Lipinski definition) is 6. The first-order valence-electron chi connectivity index (χ1n) is 8.43. The summed E-state index contributed by atoms with van der Waals surface area (Å²) in [6.07, 6.45) is 3.33. The molecule has 0 atom stereocenters. The summed E-state index contributed by atoms with van der Waals surface area (Å²) in [5, 5.41) is 3.25. The van der Waals surface area contributed by atoms with E-state index in [4.69, 9.17) is 9.47 Å². The van der Waals surface area contributed by atoms with E-state index < -0.39 is 12.5 Å². The number of nitrogens with one attached hydrogen (secondary N) is 1. The molecule has 6 nitrogen and oxygen atoms in total. The third-order valence-corrected chi connectivity index (χ3v) is 4.91. The van der Waals surface area contributed by atoms with E-state index in [9.17, 15) is 13.6 Å². The van der Waals surface area contributed by atoms with Crippen LogP contribution in [-0.2, 0) is 0 Å². The van der Waals surface area contributed by atoms with Gasteiger partial charge in [0.15, 0.2) is 5.75 Å². The number of benzene rings is 2. The van der Waals surface area contributed by atoms with Gasteiger partial charge in [0, 0.05) is 11.6 Å². The Kier molecular flexibility index (Phi) is 6.38. The molecule has 29 heavy (non-hydrogen) atoms. The van der Waals surface area contributed by atoms with Gasteiger partial charge >= 0.3 is 6.61 Å². The van der Waals surface area contributed by atoms with Gasteiger partial charge in [0.1, 0.15) is 22.6 Å². The first kappa shape index (κ1) is 20.7. The molecular weight excluding hydrogens is 402 g/mol. The van der Waals surface area contributed by atoms with Gasteiger partial charge in [-0.05, 0) is 42.7 Å². The van der Waals surface area contributed by atoms with Gasteiger partial charge in [-0.3, -0.25) is 9.78 Å². The van der Waals surface area contributed by atoms with E-state index >= 15 is 0 Å². The fourth-order valence-electron chi connectivity index (χ4n) is 2.93. The number of anilines is 1. The molecule has 0 aliphatic heterocycles. The molecule has 1 amide bonds. The van der Waals surface area contributed by atoms with Crippen LogP contribution in [0.1, 0.15) is 10.4 Å². The summed E-state index contributed by atoms with van der Waals surface area (Å²) < 4.78 is 40.6. The van der Waals surface area contributed by atoms with Crippen LogP contribution in [0.4, 0.5) is 14.5 Å². The average molecular weight is 420 g/mol. The maximum Gasteiger partial charge on any atom is 0.387 e. The highest BCUT2D eigenvalue weighted by atomic mass is 32.2. The number of ether oxygens (including phenoxy) is 3. The van der Waals surface area contributed by atoms with Crippen LogP contribution in [0.25, 0.3) is 10.9 Å². The smallest absolute Gasteiger partial charge is 0.387 e. The Bertz CT molecular complexity index is 1050. The molecule has 0 spiro atoms. The standard InChI is InChI=1S/C20H18F2N2O4S/c1-26-13-8-9-15(29-3)18(27-2)16(13)19(25)24-12-6-7-14(28-20(21)22)17-11(12)5-4-10-23-17/h4-10,20H,1-3H3,(H,24,25). The lowest BCUT2D eigenvalue weighted by molar-refractivity contribution is -0.0489. The lowest BCUT2D eigenvalue weighted by atomic mass is 10.1. The highest BCUT2D eigenvalue weighted by Crippen LogP contribution is 2.38. The number of nitrogens with zero attached hydrogens (tertiary/aromatic N) is 1. The van der Waals surface area contributed by atoms with Crippen LogP contribution in [0.3, 0.4) is 0 Å². The number of halogens is 2. The first-order chi connectivity index (χ1) is 14.0. The average Bonchev–Trinajstić information content (AvgIpc) is 2.73. The van der Waals surface area contributed by atoms with Crippen molar-refractivity contribution >= 4 is 34.3 Å². The highest BCUT2D eigenvalue weighted by molar-refractivity contribution is 7.98. The topological polar surface area (TPSA) is 69.7 Å². The summed E-state index contributed by atoms with van der Waals surface area (Å²) in [6, 6.07) is 9.60. The number of alkyl halides is 2. The molecule has 1 heterocycles. The molecule has 0 radical (unpaired) electrons. The fraction of sp³-hybridized carbons (Fsp3) is 0.200. The van der Waals surface area contributed by atoms with Gasteiger partial charge in [0.25, 0.3) is 5.91 Å². The van der Waals surface area contributed by atoms with E-state index in [2.05, 4.69) is 15.0 Å². The molecule has 0 bridgehead atoms. The van der Waals surface area contributed by atoms with Gasteiger partial charge in [0.2, 0.25) is 0 Å². The molecule has 0 saturated carbocycles. The maximum atomic E-state index is 13.1. The van der Waals surface area contributed by atoms with E-state index in [0.717, 1.165) is 4.90 Å². The van der Waals surface area contributed by atoms with Crippen molar-refractivity contribution in [3.8, 4) is 17.2 Å². The molecule has 2 aromatic carbocycles. The van der Waals surface area contributed by atoms with Gasteiger partial charge in [-0.15, -0.1) is 11.8 Å². The summed E-state index contributed by atoms with van der Waals surface area (Å²) in [5.74, 6) is 0.182. The Balaban J connectivity index is 2.06. The number of amides is 1. The number of hydrogen-bond donors (Lipinski definition) is 1. The van der Waals surface area contributed by atoms with Crippen LogP contribution in [0.5, 0.6) is 17.2 Å². The van der Waals surface area contributed by atoms with Crippen molar-refractivity contribution in [2.45, 2.75) is 11.5 Å². The number of pyridine rings is 1. The van der Waals surface area contributed by atoms with Gasteiger partial charge in [0.05, 0.1) is 24.8 Å². The molecule has 0 aliphatic rings. The zero-order valence-corrected chi connectivity index (χ0v) is 16.7. The molecular formula is C20H18F2N2O4S. The van der Waals surface area contributed by atoms with Crippen molar-refractivity contribution in [3.05, 3.63) is 48.2 Å². The van der Waals surface area contributed by atoms with Crippen LogP contribution in [0, 0.1) is 0 Å². The minimum absolute atomic E-state index is 0.0758. The van der Waals surface area contributed by atoms with E-state index in [1.54, 1.807) is 24.3 Å². The maximum absolute atomic E-state index is 13.1. The number of fused-ring (bicyclic) bond motifs is 1. The van der Waals surface area contributed by atoms with Gasteiger partial charge < -0.3 is 19.5 Å². The number of carbonyl (C=O) groups excluding carboxylic acids is 1. The Hall–Kier alpha value is -3.07. The van der Waals surface area contributed by atoms with E-state index in [-0.39, 0.29) is 16.8 Å². The Morgan fingerprint density at radius 2 is 1.86 bits per heavy atom. The van der Waals surface area contributed by atoms with Gasteiger partial charge in [-0.1, -0.05) is 0 Å². The molecule has 3 aromatic rings.